The Hall–Kier alpha value is -2.34. The van der Waals surface area contributed by atoms with E-state index in [-0.39, 0.29) is 0 Å². The Morgan fingerprint density at radius 2 is 1.54 bits per heavy atom. The van der Waals surface area contributed by atoms with Crippen molar-refractivity contribution in [1.82, 2.24) is 0 Å². The molecule has 0 radical (unpaired) electrons. The van der Waals surface area contributed by atoms with E-state index in [9.17, 15) is 0 Å². The Morgan fingerprint density at radius 3 is 2.17 bits per heavy atom. The fourth-order valence-electron chi connectivity index (χ4n) is 2.28. The lowest BCUT2D eigenvalue weighted by Gasteiger charge is -2.05. The highest BCUT2D eigenvalue weighted by Crippen LogP contribution is 2.15. The molecule has 0 bridgehead atoms. The van der Waals surface area contributed by atoms with Gasteiger partial charge in [0.25, 0.3) is 5.84 Å². The van der Waals surface area contributed by atoms with Crippen LogP contribution >= 0.6 is 22.6 Å². The minimum absolute atomic E-state index is 0.840. The van der Waals surface area contributed by atoms with Gasteiger partial charge < -0.3 is 4.74 Å². The lowest BCUT2D eigenvalue weighted by molar-refractivity contribution is -0.352. The number of ether oxygens (including phenoxy) is 1. The summed E-state index contributed by atoms with van der Waals surface area (Å²) in [7, 11) is 1.67. The van der Waals surface area contributed by atoms with Gasteiger partial charge in [0.2, 0.25) is 0 Å². The molecule has 0 atom stereocenters. The van der Waals surface area contributed by atoms with E-state index < -0.39 is 0 Å². The molecule has 0 amide bonds. The number of hydrogen-bond acceptors (Lipinski definition) is 1. The minimum Gasteiger partial charge on any atom is -0.497 e. The second kappa shape index (κ2) is 7.97. The highest BCUT2D eigenvalue weighted by Gasteiger charge is 2.11. The van der Waals surface area contributed by atoms with Gasteiger partial charge in [-0.05, 0) is 83.3 Å². The van der Waals surface area contributed by atoms with Crippen molar-refractivity contribution in [2.24, 2.45) is 0 Å². The maximum absolute atomic E-state index is 5.21. The number of nitrogens with one attached hydrogen (secondary N) is 2. The van der Waals surface area contributed by atoms with E-state index in [0.717, 1.165) is 28.5 Å². The van der Waals surface area contributed by atoms with Crippen LogP contribution < -0.4 is 15.0 Å². The van der Waals surface area contributed by atoms with Crippen molar-refractivity contribution in [2.75, 3.05) is 12.4 Å². The zero-order chi connectivity index (χ0) is 16.8. The maximum Gasteiger partial charge on any atom is 0.285 e. The summed E-state index contributed by atoms with van der Waals surface area (Å²) < 4.78 is 6.43. The van der Waals surface area contributed by atoms with Crippen LogP contribution in [0.4, 0.5) is 11.4 Å². The van der Waals surface area contributed by atoms with Crippen molar-refractivity contribution in [3.8, 4) is 5.75 Å². The van der Waals surface area contributed by atoms with Gasteiger partial charge in [0.15, 0.2) is 0 Å². The molecule has 0 saturated carbocycles. The Bertz CT molecular complexity index is 813. The van der Waals surface area contributed by atoms with E-state index in [0.29, 0.717) is 0 Å². The van der Waals surface area contributed by atoms with Gasteiger partial charge in [0.1, 0.15) is 17.1 Å². The SMILES string of the molecule is COc1ccc(NC(=[NH+]c2ccc(I)cc2)c2ccccc2)cc1. The van der Waals surface area contributed by atoms with Gasteiger partial charge in [-0.25, -0.2) is 10.3 Å². The molecule has 3 aromatic carbocycles. The predicted octanol–water partition coefficient (Wildman–Crippen LogP) is 3.57. The van der Waals surface area contributed by atoms with Crippen LogP contribution in [0.3, 0.4) is 0 Å². The monoisotopic (exact) mass is 429 g/mol. The van der Waals surface area contributed by atoms with Crippen molar-refractivity contribution in [1.29, 1.82) is 0 Å². The number of hydrogen-bond donors (Lipinski definition) is 2. The highest BCUT2D eigenvalue weighted by atomic mass is 127. The summed E-state index contributed by atoms with van der Waals surface area (Å²) in [6.07, 6.45) is 0. The molecule has 0 aliphatic rings. The van der Waals surface area contributed by atoms with E-state index in [2.05, 4.69) is 69.3 Å². The largest absolute Gasteiger partial charge is 0.497 e. The first-order chi connectivity index (χ1) is 11.7. The zero-order valence-corrected chi connectivity index (χ0v) is 15.4. The van der Waals surface area contributed by atoms with E-state index in [4.69, 9.17) is 4.74 Å². The molecule has 0 aliphatic carbocycles. The lowest BCUT2D eigenvalue weighted by atomic mass is 10.2. The molecular formula is C20H18IN2O+. The van der Waals surface area contributed by atoms with Gasteiger partial charge in [-0.1, -0.05) is 18.2 Å². The highest BCUT2D eigenvalue weighted by molar-refractivity contribution is 14.1. The van der Waals surface area contributed by atoms with Crippen LogP contribution in [-0.4, -0.2) is 12.9 Å². The van der Waals surface area contributed by atoms with Crippen LogP contribution in [0.25, 0.3) is 0 Å². The average molecular weight is 429 g/mol. The van der Waals surface area contributed by atoms with Gasteiger partial charge in [0.05, 0.1) is 12.7 Å². The van der Waals surface area contributed by atoms with Gasteiger partial charge in [-0.3, -0.25) is 0 Å². The van der Waals surface area contributed by atoms with Crippen LogP contribution in [0.15, 0.2) is 78.9 Å². The summed E-state index contributed by atoms with van der Waals surface area (Å²) in [6.45, 7) is 0. The first kappa shape index (κ1) is 16.5. The normalized spacial score (nSPS) is 11.2. The van der Waals surface area contributed by atoms with Crippen LogP contribution in [0.5, 0.6) is 5.75 Å². The van der Waals surface area contributed by atoms with Crippen LogP contribution in [0.1, 0.15) is 5.56 Å². The topological polar surface area (TPSA) is 35.2 Å². The first-order valence-electron chi connectivity index (χ1n) is 7.60. The summed E-state index contributed by atoms with van der Waals surface area (Å²) >= 11 is 2.30. The minimum atomic E-state index is 0.840. The molecule has 3 aromatic rings. The smallest absolute Gasteiger partial charge is 0.285 e. The summed E-state index contributed by atoms with van der Waals surface area (Å²) in [5, 5.41) is 3.46. The molecular weight excluding hydrogens is 411 g/mol. The standard InChI is InChI=1S/C20H17IN2O/c1-24-19-13-11-18(12-14-19)23-20(15-5-3-2-4-6-15)22-17-9-7-16(21)8-10-17/h2-14H,1H3,(H,22,23)/p+1. The lowest BCUT2D eigenvalue weighted by Crippen LogP contribution is -2.68. The van der Waals surface area contributed by atoms with Crippen molar-refractivity contribution in [3.05, 3.63) is 88.0 Å². The third kappa shape index (κ3) is 4.35. The van der Waals surface area contributed by atoms with E-state index in [1.807, 2.05) is 42.5 Å². The molecule has 4 heteroatoms. The summed E-state index contributed by atoms with van der Waals surface area (Å²) in [5.74, 6) is 1.77. The fraction of sp³-hybridized carbons (Fsp3) is 0.0500. The zero-order valence-electron chi connectivity index (χ0n) is 13.3. The van der Waals surface area contributed by atoms with Crippen LogP contribution in [0, 0.1) is 3.57 Å². The summed E-state index contributed by atoms with van der Waals surface area (Å²) in [6, 6.07) is 26.4. The third-order valence-electron chi connectivity index (χ3n) is 3.54. The number of rotatable bonds is 4. The molecule has 0 heterocycles. The summed E-state index contributed by atoms with van der Waals surface area (Å²) in [4.78, 5) is 3.47. The summed E-state index contributed by atoms with van der Waals surface area (Å²) in [5.41, 5.74) is 3.12. The molecule has 3 rings (SSSR count). The molecule has 0 unspecified atom stereocenters. The molecule has 24 heavy (non-hydrogen) atoms. The maximum atomic E-state index is 5.21. The number of anilines is 1. The second-order valence-electron chi connectivity index (χ2n) is 5.23. The molecule has 0 aromatic heterocycles. The third-order valence-corrected chi connectivity index (χ3v) is 4.25. The first-order valence-corrected chi connectivity index (χ1v) is 8.68. The van der Waals surface area contributed by atoms with Gasteiger partial charge in [0, 0.05) is 3.57 Å². The van der Waals surface area contributed by atoms with Crippen molar-refractivity contribution >= 4 is 39.8 Å². The van der Waals surface area contributed by atoms with Crippen molar-refractivity contribution in [2.45, 2.75) is 0 Å². The van der Waals surface area contributed by atoms with Crippen LogP contribution in [0.2, 0.25) is 0 Å². The van der Waals surface area contributed by atoms with E-state index in [1.165, 1.54) is 3.57 Å². The molecule has 0 spiro atoms. The van der Waals surface area contributed by atoms with Crippen molar-refractivity contribution in [3.63, 3.8) is 0 Å². The van der Waals surface area contributed by atoms with E-state index >= 15 is 0 Å². The average Bonchev–Trinajstić information content (AvgIpc) is 2.64. The number of benzene rings is 3. The van der Waals surface area contributed by atoms with Gasteiger partial charge >= 0.3 is 0 Å². The molecule has 0 saturated heterocycles. The molecule has 120 valence electrons. The predicted molar refractivity (Wildman–Crippen MR) is 107 cm³/mol. The Labute approximate surface area is 155 Å². The van der Waals surface area contributed by atoms with Crippen molar-refractivity contribution < 1.29 is 9.73 Å². The van der Waals surface area contributed by atoms with Crippen LogP contribution in [-0.2, 0) is 0 Å². The second-order valence-corrected chi connectivity index (χ2v) is 6.47. The Balaban J connectivity index is 1.94. The fourth-order valence-corrected chi connectivity index (χ4v) is 2.64. The Morgan fingerprint density at radius 1 is 0.875 bits per heavy atom. The number of halogens is 1. The van der Waals surface area contributed by atoms with E-state index in [1.54, 1.807) is 7.11 Å². The molecule has 3 nitrogen and oxygen atoms in total. The van der Waals surface area contributed by atoms with Gasteiger partial charge in [-0.2, -0.15) is 0 Å². The number of methoxy groups -OCH3 is 1. The molecule has 0 aliphatic heterocycles. The Kier molecular flexibility index (Phi) is 5.48. The number of amidine groups is 1. The molecule has 0 fully saturated rings. The molecule has 2 N–H and O–H groups in total. The van der Waals surface area contributed by atoms with Gasteiger partial charge in [-0.15, -0.1) is 0 Å². The quantitative estimate of drug-likeness (QED) is 0.378.